The van der Waals surface area contributed by atoms with Crippen molar-refractivity contribution in [2.45, 2.75) is 19.2 Å². The Morgan fingerprint density at radius 2 is 1.95 bits per heavy atom. The van der Waals surface area contributed by atoms with Crippen LogP contribution in [0.5, 0.6) is 0 Å². The lowest BCUT2D eigenvalue weighted by Crippen LogP contribution is -2.25. The van der Waals surface area contributed by atoms with E-state index in [0.29, 0.717) is 16.9 Å². The van der Waals surface area contributed by atoms with Crippen molar-refractivity contribution in [3.8, 4) is 0 Å². The van der Waals surface area contributed by atoms with E-state index in [4.69, 9.17) is 0 Å². The summed E-state index contributed by atoms with van der Waals surface area (Å²) >= 11 is 0. The van der Waals surface area contributed by atoms with Gasteiger partial charge in [0, 0.05) is 19.0 Å². The highest BCUT2D eigenvalue weighted by Gasteiger charge is 2.27. The zero-order valence-electron chi connectivity index (χ0n) is 11.0. The van der Waals surface area contributed by atoms with Gasteiger partial charge in [-0.25, -0.2) is 4.98 Å². The molecule has 0 radical (unpaired) electrons. The van der Waals surface area contributed by atoms with Crippen LogP contribution in [0, 0.1) is 0 Å². The minimum absolute atomic E-state index is 0.167. The number of nitrogens with zero attached hydrogens (tertiary/aromatic N) is 2. The number of halogens is 3. The molecule has 1 heterocycles. The van der Waals surface area contributed by atoms with Crippen LogP contribution >= 0.6 is 0 Å². The lowest BCUT2D eigenvalue weighted by atomic mass is 10.1. The summed E-state index contributed by atoms with van der Waals surface area (Å²) in [4.78, 5) is 5.78. The van der Waals surface area contributed by atoms with Crippen molar-refractivity contribution < 1.29 is 18.3 Å². The Hall–Kier alpha value is -1.82. The topological polar surface area (TPSA) is 36.4 Å². The van der Waals surface area contributed by atoms with Crippen molar-refractivity contribution in [3.63, 3.8) is 0 Å². The maximum atomic E-state index is 12.2. The lowest BCUT2D eigenvalue weighted by Gasteiger charge is -2.20. The number of pyridine rings is 1. The van der Waals surface area contributed by atoms with Gasteiger partial charge in [0.15, 0.2) is 0 Å². The predicted molar refractivity (Wildman–Crippen MR) is 71.6 cm³/mol. The monoisotopic (exact) mass is 284 g/mol. The number of benzene rings is 1. The van der Waals surface area contributed by atoms with Crippen molar-refractivity contribution in [3.05, 3.63) is 35.9 Å². The van der Waals surface area contributed by atoms with Gasteiger partial charge in [-0.1, -0.05) is 18.2 Å². The van der Waals surface area contributed by atoms with Gasteiger partial charge in [-0.3, -0.25) is 0 Å². The first-order valence-electron chi connectivity index (χ1n) is 6.18. The van der Waals surface area contributed by atoms with Gasteiger partial charge in [0.1, 0.15) is 5.82 Å². The SMILES string of the molecule is CN(CCC(F)(F)F)c1cc(CO)c2ccccc2n1. The Morgan fingerprint density at radius 3 is 2.60 bits per heavy atom. The van der Waals surface area contributed by atoms with Gasteiger partial charge < -0.3 is 10.0 Å². The summed E-state index contributed by atoms with van der Waals surface area (Å²) in [5.74, 6) is 0.428. The van der Waals surface area contributed by atoms with Gasteiger partial charge in [-0.15, -0.1) is 0 Å². The smallest absolute Gasteiger partial charge is 0.390 e. The highest BCUT2D eigenvalue weighted by Crippen LogP contribution is 2.24. The average Bonchev–Trinajstić information content (AvgIpc) is 2.42. The van der Waals surface area contributed by atoms with Crippen molar-refractivity contribution in [2.75, 3.05) is 18.5 Å². The third-order valence-electron chi connectivity index (χ3n) is 3.08. The summed E-state index contributed by atoms with van der Waals surface area (Å²) in [6.07, 6.45) is -5.09. The fraction of sp³-hybridized carbons (Fsp3) is 0.357. The van der Waals surface area contributed by atoms with E-state index in [0.717, 1.165) is 5.39 Å². The van der Waals surface area contributed by atoms with E-state index in [1.807, 2.05) is 12.1 Å². The second-order valence-electron chi connectivity index (χ2n) is 4.60. The maximum absolute atomic E-state index is 12.2. The standard InChI is InChI=1S/C14H15F3N2O/c1-19(7-6-14(15,16)17)13-8-10(9-20)11-4-2-3-5-12(11)18-13/h2-5,8,20H,6-7,9H2,1H3. The molecule has 2 rings (SSSR count). The number of aliphatic hydroxyl groups is 1. The largest absolute Gasteiger partial charge is 0.392 e. The average molecular weight is 284 g/mol. The quantitative estimate of drug-likeness (QED) is 0.937. The molecule has 0 saturated heterocycles. The highest BCUT2D eigenvalue weighted by atomic mass is 19.4. The van der Waals surface area contributed by atoms with E-state index in [-0.39, 0.29) is 13.2 Å². The molecule has 0 atom stereocenters. The summed E-state index contributed by atoms with van der Waals surface area (Å²) in [5, 5.41) is 10.2. The van der Waals surface area contributed by atoms with Crippen LogP contribution in [-0.2, 0) is 6.61 Å². The van der Waals surface area contributed by atoms with E-state index in [2.05, 4.69) is 4.98 Å². The number of aromatic nitrogens is 1. The van der Waals surface area contributed by atoms with Crippen LogP contribution in [0.3, 0.4) is 0 Å². The summed E-state index contributed by atoms with van der Waals surface area (Å²) < 4.78 is 36.7. The summed E-state index contributed by atoms with van der Waals surface area (Å²) in [5.41, 5.74) is 1.32. The van der Waals surface area contributed by atoms with Gasteiger partial charge in [0.2, 0.25) is 0 Å². The summed E-state index contributed by atoms with van der Waals surface area (Å²) in [7, 11) is 1.56. The minimum atomic E-state index is -4.19. The van der Waals surface area contributed by atoms with Crippen molar-refractivity contribution in [2.24, 2.45) is 0 Å². The van der Waals surface area contributed by atoms with Crippen LogP contribution in [0.25, 0.3) is 10.9 Å². The number of aliphatic hydroxyl groups excluding tert-OH is 1. The van der Waals surface area contributed by atoms with Gasteiger partial charge in [0.05, 0.1) is 18.5 Å². The molecule has 0 unspecified atom stereocenters. The van der Waals surface area contributed by atoms with Crippen molar-refractivity contribution in [1.82, 2.24) is 4.98 Å². The highest BCUT2D eigenvalue weighted by molar-refractivity contribution is 5.84. The third kappa shape index (κ3) is 3.39. The zero-order valence-corrected chi connectivity index (χ0v) is 11.0. The molecule has 0 aliphatic carbocycles. The molecule has 0 amide bonds. The Bertz CT molecular complexity index is 598. The van der Waals surface area contributed by atoms with E-state index >= 15 is 0 Å². The number of hydrogen-bond acceptors (Lipinski definition) is 3. The van der Waals surface area contributed by atoms with Crippen LogP contribution in [0.1, 0.15) is 12.0 Å². The molecule has 3 nitrogen and oxygen atoms in total. The van der Waals surface area contributed by atoms with Crippen LogP contribution in [0.2, 0.25) is 0 Å². The number of rotatable bonds is 4. The molecular weight excluding hydrogens is 269 g/mol. The molecule has 1 aromatic carbocycles. The van der Waals surface area contributed by atoms with Crippen LogP contribution in [0.15, 0.2) is 30.3 Å². The van der Waals surface area contributed by atoms with Gasteiger partial charge in [-0.2, -0.15) is 13.2 Å². The van der Waals surface area contributed by atoms with E-state index in [1.165, 1.54) is 4.90 Å². The maximum Gasteiger partial charge on any atom is 0.390 e. The molecule has 0 bridgehead atoms. The first kappa shape index (κ1) is 14.6. The molecular formula is C14H15F3N2O. The van der Waals surface area contributed by atoms with Crippen molar-refractivity contribution >= 4 is 16.7 Å². The molecule has 1 N–H and O–H groups in total. The molecule has 0 fully saturated rings. The number of hydrogen-bond donors (Lipinski definition) is 1. The van der Waals surface area contributed by atoms with E-state index in [1.54, 1.807) is 25.2 Å². The fourth-order valence-corrected chi connectivity index (χ4v) is 1.97. The molecule has 6 heteroatoms. The Labute approximate surface area is 114 Å². The van der Waals surface area contributed by atoms with Crippen LogP contribution < -0.4 is 4.90 Å². The third-order valence-corrected chi connectivity index (χ3v) is 3.08. The number of para-hydroxylation sites is 1. The minimum Gasteiger partial charge on any atom is -0.392 e. The second kappa shape index (κ2) is 5.66. The molecule has 20 heavy (non-hydrogen) atoms. The normalized spacial score (nSPS) is 11.8. The molecule has 0 aliphatic heterocycles. The molecule has 2 aromatic rings. The fourth-order valence-electron chi connectivity index (χ4n) is 1.97. The zero-order chi connectivity index (χ0) is 14.8. The Morgan fingerprint density at radius 1 is 1.25 bits per heavy atom. The summed E-state index contributed by atoms with van der Waals surface area (Å²) in [6.45, 7) is -0.344. The summed E-state index contributed by atoms with van der Waals surface area (Å²) in [6, 6.07) is 8.86. The Balaban J connectivity index is 2.30. The van der Waals surface area contributed by atoms with Crippen molar-refractivity contribution in [1.29, 1.82) is 0 Å². The van der Waals surface area contributed by atoms with Crippen LogP contribution in [0.4, 0.5) is 19.0 Å². The number of alkyl halides is 3. The second-order valence-corrected chi connectivity index (χ2v) is 4.60. The molecule has 0 saturated carbocycles. The Kier molecular flexibility index (Phi) is 4.13. The van der Waals surface area contributed by atoms with Gasteiger partial charge >= 0.3 is 6.18 Å². The molecule has 1 aromatic heterocycles. The molecule has 0 spiro atoms. The van der Waals surface area contributed by atoms with Gasteiger partial charge in [-0.05, 0) is 17.7 Å². The van der Waals surface area contributed by atoms with E-state index in [9.17, 15) is 18.3 Å². The molecule has 108 valence electrons. The van der Waals surface area contributed by atoms with Crippen LogP contribution in [-0.4, -0.2) is 29.9 Å². The lowest BCUT2D eigenvalue weighted by molar-refractivity contribution is -0.132. The van der Waals surface area contributed by atoms with Gasteiger partial charge in [0.25, 0.3) is 0 Å². The predicted octanol–water partition coefficient (Wildman–Crippen LogP) is 3.12. The molecule has 0 aliphatic rings. The number of anilines is 1. The number of fused-ring (bicyclic) bond motifs is 1. The first-order valence-corrected chi connectivity index (χ1v) is 6.18. The van der Waals surface area contributed by atoms with E-state index < -0.39 is 12.6 Å². The first-order chi connectivity index (χ1) is 9.40.